The maximum Gasteiger partial charge on any atom is 0.179 e. The minimum Gasteiger partial charge on any atom is -0.396 e. The molecule has 1 saturated heterocycles. The van der Waals surface area contributed by atoms with Gasteiger partial charge in [0.15, 0.2) is 5.78 Å². The van der Waals surface area contributed by atoms with E-state index in [0.29, 0.717) is 5.92 Å². The molecule has 1 aliphatic rings. The molecule has 2 unspecified atom stereocenters. The van der Waals surface area contributed by atoms with Crippen LogP contribution in [0.25, 0.3) is 0 Å². The van der Waals surface area contributed by atoms with Crippen LogP contribution in [0.1, 0.15) is 43.0 Å². The zero-order chi connectivity index (χ0) is 14.4. The summed E-state index contributed by atoms with van der Waals surface area (Å²) in [5.41, 5.74) is 0.809. The van der Waals surface area contributed by atoms with Crippen molar-refractivity contribution in [3.05, 3.63) is 35.9 Å². The van der Waals surface area contributed by atoms with Gasteiger partial charge in [-0.3, -0.25) is 9.69 Å². The van der Waals surface area contributed by atoms with E-state index in [1.54, 1.807) is 0 Å². The van der Waals surface area contributed by atoms with E-state index in [4.69, 9.17) is 5.11 Å². The van der Waals surface area contributed by atoms with Gasteiger partial charge in [0.1, 0.15) is 0 Å². The van der Waals surface area contributed by atoms with Crippen molar-refractivity contribution in [3.8, 4) is 0 Å². The van der Waals surface area contributed by atoms with Gasteiger partial charge in [-0.1, -0.05) is 37.3 Å². The van der Waals surface area contributed by atoms with Gasteiger partial charge in [-0.2, -0.15) is 0 Å². The van der Waals surface area contributed by atoms with E-state index < -0.39 is 0 Å². The summed E-state index contributed by atoms with van der Waals surface area (Å²) in [6.07, 6.45) is 4.00. The first-order valence-corrected chi connectivity index (χ1v) is 7.70. The van der Waals surface area contributed by atoms with Gasteiger partial charge in [-0.25, -0.2) is 0 Å². The van der Waals surface area contributed by atoms with Crippen LogP contribution in [-0.4, -0.2) is 41.5 Å². The van der Waals surface area contributed by atoms with E-state index in [0.717, 1.165) is 37.9 Å². The molecule has 0 aliphatic carbocycles. The number of piperidine rings is 1. The third-order valence-electron chi connectivity index (χ3n) is 4.28. The molecule has 1 aromatic carbocycles. The highest BCUT2D eigenvalue weighted by Gasteiger charge is 2.29. The van der Waals surface area contributed by atoms with Gasteiger partial charge in [0.2, 0.25) is 0 Å². The molecule has 3 nitrogen and oxygen atoms in total. The first-order valence-electron chi connectivity index (χ1n) is 7.70. The van der Waals surface area contributed by atoms with Crippen LogP contribution in [0, 0.1) is 5.92 Å². The Morgan fingerprint density at radius 1 is 1.40 bits per heavy atom. The second-order valence-electron chi connectivity index (χ2n) is 5.67. The Bertz CT molecular complexity index is 416. The Kier molecular flexibility index (Phi) is 5.74. The molecule has 0 spiro atoms. The second kappa shape index (κ2) is 7.55. The molecule has 1 aliphatic heterocycles. The number of likely N-dealkylation sites (tertiary alicyclic amines) is 1. The van der Waals surface area contributed by atoms with E-state index in [9.17, 15) is 4.79 Å². The molecular weight excluding hydrogens is 250 g/mol. The number of rotatable bonds is 6. The number of aliphatic hydroxyl groups is 1. The summed E-state index contributed by atoms with van der Waals surface area (Å²) < 4.78 is 0. The highest BCUT2D eigenvalue weighted by atomic mass is 16.3. The predicted octanol–water partition coefficient (Wildman–Crippen LogP) is 2.74. The standard InChI is InChI=1S/C17H25NO2/c1-2-16(17(20)15-8-4-3-5-9-15)18-11-6-7-14(13-18)10-12-19/h3-5,8-9,14,16,19H,2,6-7,10-13H2,1H3. The number of carbonyl (C=O) groups is 1. The Balaban J connectivity index is 2.05. The minimum absolute atomic E-state index is 0.0149. The van der Waals surface area contributed by atoms with Crippen LogP contribution in [0.2, 0.25) is 0 Å². The van der Waals surface area contributed by atoms with E-state index in [1.165, 1.54) is 6.42 Å². The maximum absolute atomic E-state index is 12.6. The van der Waals surface area contributed by atoms with Crippen molar-refractivity contribution in [1.29, 1.82) is 0 Å². The number of hydrogen-bond acceptors (Lipinski definition) is 3. The normalized spacial score (nSPS) is 21.6. The molecule has 110 valence electrons. The summed E-state index contributed by atoms with van der Waals surface area (Å²) >= 11 is 0. The molecule has 2 atom stereocenters. The minimum atomic E-state index is -0.0149. The zero-order valence-corrected chi connectivity index (χ0v) is 12.3. The summed E-state index contributed by atoms with van der Waals surface area (Å²) in [5, 5.41) is 9.10. The first-order chi connectivity index (χ1) is 9.76. The molecule has 0 amide bonds. The fourth-order valence-corrected chi connectivity index (χ4v) is 3.20. The molecular formula is C17H25NO2. The number of carbonyl (C=O) groups excluding carboxylic acids is 1. The van der Waals surface area contributed by atoms with Crippen LogP contribution in [0.4, 0.5) is 0 Å². The summed E-state index contributed by atoms with van der Waals surface area (Å²) in [4.78, 5) is 15.0. The fourth-order valence-electron chi connectivity index (χ4n) is 3.20. The lowest BCUT2D eigenvalue weighted by Crippen LogP contribution is -2.46. The van der Waals surface area contributed by atoms with E-state index >= 15 is 0 Å². The molecule has 1 heterocycles. The number of Topliss-reactive ketones (excluding diaryl/α,β-unsaturated/α-hetero) is 1. The third kappa shape index (κ3) is 3.68. The second-order valence-corrected chi connectivity index (χ2v) is 5.67. The monoisotopic (exact) mass is 275 g/mol. The van der Waals surface area contributed by atoms with Crippen molar-refractivity contribution in [2.24, 2.45) is 5.92 Å². The van der Waals surface area contributed by atoms with Crippen LogP contribution < -0.4 is 0 Å². The number of benzene rings is 1. The van der Waals surface area contributed by atoms with Crippen LogP contribution in [-0.2, 0) is 0 Å². The van der Waals surface area contributed by atoms with E-state index in [-0.39, 0.29) is 18.4 Å². The highest BCUT2D eigenvalue weighted by molar-refractivity contribution is 6.00. The number of nitrogens with zero attached hydrogens (tertiary/aromatic N) is 1. The number of hydrogen-bond donors (Lipinski definition) is 1. The van der Waals surface area contributed by atoms with Gasteiger partial charge < -0.3 is 5.11 Å². The van der Waals surface area contributed by atoms with Crippen LogP contribution in [0.3, 0.4) is 0 Å². The van der Waals surface area contributed by atoms with Crippen molar-refractivity contribution in [2.45, 2.75) is 38.6 Å². The Labute approximate surface area is 121 Å². The summed E-state index contributed by atoms with van der Waals surface area (Å²) in [6.45, 7) is 4.28. The Morgan fingerprint density at radius 2 is 2.15 bits per heavy atom. The molecule has 1 aromatic rings. The number of aliphatic hydroxyl groups excluding tert-OH is 1. The largest absolute Gasteiger partial charge is 0.396 e. The van der Waals surface area contributed by atoms with Crippen LogP contribution >= 0.6 is 0 Å². The van der Waals surface area contributed by atoms with Gasteiger partial charge in [0, 0.05) is 18.7 Å². The third-order valence-corrected chi connectivity index (χ3v) is 4.28. The molecule has 1 N–H and O–H groups in total. The number of ketones is 1. The van der Waals surface area contributed by atoms with Crippen molar-refractivity contribution >= 4 is 5.78 Å². The smallest absolute Gasteiger partial charge is 0.179 e. The fraction of sp³-hybridized carbons (Fsp3) is 0.588. The molecule has 0 saturated carbocycles. The highest BCUT2D eigenvalue weighted by Crippen LogP contribution is 2.23. The van der Waals surface area contributed by atoms with Crippen molar-refractivity contribution in [2.75, 3.05) is 19.7 Å². The van der Waals surface area contributed by atoms with Crippen LogP contribution in [0.15, 0.2) is 30.3 Å². The molecule has 2 rings (SSSR count). The quantitative estimate of drug-likeness (QED) is 0.812. The lowest BCUT2D eigenvalue weighted by Gasteiger charge is -2.37. The zero-order valence-electron chi connectivity index (χ0n) is 12.3. The van der Waals surface area contributed by atoms with Crippen molar-refractivity contribution < 1.29 is 9.90 Å². The predicted molar refractivity (Wildman–Crippen MR) is 80.9 cm³/mol. The topological polar surface area (TPSA) is 40.5 Å². The summed E-state index contributed by atoms with van der Waals surface area (Å²) in [6, 6.07) is 9.57. The average molecular weight is 275 g/mol. The van der Waals surface area contributed by atoms with Gasteiger partial charge in [-0.05, 0) is 38.1 Å². The molecule has 0 radical (unpaired) electrons. The maximum atomic E-state index is 12.6. The van der Waals surface area contributed by atoms with Gasteiger partial charge in [0.25, 0.3) is 0 Å². The summed E-state index contributed by atoms with van der Waals surface area (Å²) in [5.74, 6) is 0.768. The summed E-state index contributed by atoms with van der Waals surface area (Å²) in [7, 11) is 0. The first kappa shape index (κ1) is 15.2. The lowest BCUT2D eigenvalue weighted by atomic mass is 9.91. The Morgan fingerprint density at radius 3 is 2.80 bits per heavy atom. The lowest BCUT2D eigenvalue weighted by molar-refractivity contribution is 0.0686. The molecule has 3 heteroatoms. The van der Waals surface area contributed by atoms with Crippen molar-refractivity contribution in [1.82, 2.24) is 4.90 Å². The van der Waals surface area contributed by atoms with Crippen molar-refractivity contribution in [3.63, 3.8) is 0 Å². The van der Waals surface area contributed by atoms with Gasteiger partial charge >= 0.3 is 0 Å². The van der Waals surface area contributed by atoms with E-state index in [1.807, 2.05) is 30.3 Å². The van der Waals surface area contributed by atoms with Gasteiger partial charge in [0.05, 0.1) is 6.04 Å². The SMILES string of the molecule is CCC(C(=O)c1ccccc1)N1CCCC(CCO)C1. The van der Waals surface area contributed by atoms with Gasteiger partial charge in [-0.15, -0.1) is 0 Å². The average Bonchev–Trinajstić information content (AvgIpc) is 2.49. The Hall–Kier alpha value is -1.19. The molecule has 1 fully saturated rings. The molecule has 0 bridgehead atoms. The van der Waals surface area contributed by atoms with E-state index in [2.05, 4.69) is 11.8 Å². The van der Waals surface area contributed by atoms with Crippen LogP contribution in [0.5, 0.6) is 0 Å². The molecule has 20 heavy (non-hydrogen) atoms. The molecule has 0 aromatic heterocycles.